The Labute approximate surface area is 119 Å². The highest BCUT2D eigenvalue weighted by molar-refractivity contribution is 7.14. The number of nitrogens with one attached hydrogen (secondary N) is 2. The summed E-state index contributed by atoms with van der Waals surface area (Å²) in [6.45, 7) is 4.04. The Hall–Kier alpha value is -1.66. The molecule has 0 atom stereocenters. The van der Waals surface area contributed by atoms with Gasteiger partial charge in [-0.2, -0.15) is 0 Å². The molecule has 2 rings (SSSR count). The number of amides is 2. The molecule has 2 amide bonds. The molecule has 2 N–H and O–H groups in total. The van der Waals surface area contributed by atoms with Crippen molar-refractivity contribution in [3.8, 4) is 0 Å². The highest BCUT2D eigenvalue weighted by Crippen LogP contribution is 2.22. The first-order chi connectivity index (χ1) is 9.11. The number of hydrogen-bond donors (Lipinski definition) is 2. The van der Waals surface area contributed by atoms with E-state index in [2.05, 4.69) is 17.8 Å². The van der Waals surface area contributed by atoms with Gasteiger partial charge in [0.15, 0.2) is 0 Å². The fourth-order valence-corrected chi connectivity index (χ4v) is 3.26. The Morgan fingerprint density at radius 1 is 1.21 bits per heavy atom. The lowest BCUT2D eigenvalue weighted by atomic mass is 10.2. The number of aryl methyl sites for hydroxylation is 2. The summed E-state index contributed by atoms with van der Waals surface area (Å²) in [6, 6.07) is 5.34. The van der Waals surface area contributed by atoms with Gasteiger partial charge in [-0.25, -0.2) is 0 Å². The number of thiophene rings is 2. The van der Waals surface area contributed by atoms with Crippen LogP contribution in [0.4, 0.5) is 0 Å². The Bertz CT molecular complexity index is 588. The summed E-state index contributed by atoms with van der Waals surface area (Å²) in [5, 5.41) is 1.81. The van der Waals surface area contributed by atoms with Crippen LogP contribution < -0.4 is 10.9 Å². The van der Waals surface area contributed by atoms with Gasteiger partial charge in [-0.05, 0) is 36.4 Å². The Balaban J connectivity index is 1.96. The quantitative estimate of drug-likeness (QED) is 0.855. The van der Waals surface area contributed by atoms with Crippen molar-refractivity contribution in [3.05, 3.63) is 43.8 Å². The first kappa shape index (κ1) is 13.8. The van der Waals surface area contributed by atoms with E-state index < -0.39 is 0 Å². The molecule has 0 saturated heterocycles. The third-order valence-corrected chi connectivity index (χ3v) is 4.85. The van der Waals surface area contributed by atoms with Gasteiger partial charge < -0.3 is 0 Å². The second-order valence-electron chi connectivity index (χ2n) is 3.96. The normalized spacial score (nSPS) is 10.2. The van der Waals surface area contributed by atoms with E-state index in [9.17, 15) is 9.59 Å². The number of carbonyl (C=O) groups is 2. The molecule has 0 aliphatic carbocycles. The van der Waals surface area contributed by atoms with E-state index in [0.717, 1.165) is 12.0 Å². The second-order valence-corrected chi connectivity index (χ2v) is 6.04. The zero-order chi connectivity index (χ0) is 13.8. The van der Waals surface area contributed by atoms with Crippen LogP contribution in [0.15, 0.2) is 23.6 Å². The molecule has 4 nitrogen and oxygen atoms in total. The van der Waals surface area contributed by atoms with Gasteiger partial charge in [0.1, 0.15) is 0 Å². The third-order valence-electron chi connectivity index (χ3n) is 2.60. The van der Waals surface area contributed by atoms with E-state index in [1.807, 2.05) is 18.4 Å². The predicted octanol–water partition coefficient (Wildman–Crippen LogP) is 2.76. The first-order valence-electron chi connectivity index (χ1n) is 5.85. The van der Waals surface area contributed by atoms with E-state index >= 15 is 0 Å². The van der Waals surface area contributed by atoms with Gasteiger partial charge in [-0.3, -0.25) is 20.4 Å². The number of carbonyl (C=O) groups excluding carboxylic acids is 2. The summed E-state index contributed by atoms with van der Waals surface area (Å²) < 4.78 is 0. The van der Waals surface area contributed by atoms with Gasteiger partial charge in [0.05, 0.1) is 9.75 Å². The molecular weight excluding hydrogens is 280 g/mol. The molecule has 0 spiro atoms. The van der Waals surface area contributed by atoms with E-state index in [1.54, 1.807) is 12.1 Å². The smallest absolute Gasteiger partial charge is 0.266 e. The minimum absolute atomic E-state index is 0.280. The van der Waals surface area contributed by atoms with Crippen molar-refractivity contribution in [1.29, 1.82) is 0 Å². The van der Waals surface area contributed by atoms with Gasteiger partial charge in [-0.15, -0.1) is 22.7 Å². The Kier molecular flexibility index (Phi) is 4.34. The van der Waals surface area contributed by atoms with Crippen LogP contribution in [0.25, 0.3) is 0 Å². The zero-order valence-electron chi connectivity index (χ0n) is 10.6. The summed E-state index contributed by atoms with van der Waals surface area (Å²) in [6.07, 6.45) is 0.908. The molecule has 0 fully saturated rings. The van der Waals surface area contributed by atoms with E-state index in [4.69, 9.17) is 0 Å². The van der Waals surface area contributed by atoms with Gasteiger partial charge >= 0.3 is 0 Å². The molecule has 0 unspecified atom stereocenters. The first-order valence-corrected chi connectivity index (χ1v) is 7.55. The topological polar surface area (TPSA) is 58.2 Å². The van der Waals surface area contributed by atoms with Crippen LogP contribution in [0, 0.1) is 6.92 Å². The molecular formula is C13H14N2O2S2. The van der Waals surface area contributed by atoms with Crippen molar-refractivity contribution in [1.82, 2.24) is 10.9 Å². The summed E-state index contributed by atoms with van der Waals surface area (Å²) in [7, 11) is 0. The van der Waals surface area contributed by atoms with Crippen molar-refractivity contribution in [2.45, 2.75) is 20.3 Å². The van der Waals surface area contributed by atoms with Crippen molar-refractivity contribution < 1.29 is 9.59 Å². The van der Waals surface area contributed by atoms with Gasteiger partial charge in [0.2, 0.25) is 0 Å². The van der Waals surface area contributed by atoms with E-state index in [0.29, 0.717) is 9.75 Å². The SMILES string of the molecule is CCc1sc(C(=O)NNC(=O)c2cccs2)cc1C. The molecule has 0 bridgehead atoms. The fraction of sp³-hybridized carbons (Fsp3) is 0.231. The molecule has 0 aliphatic rings. The molecule has 6 heteroatoms. The average Bonchev–Trinajstić information content (AvgIpc) is 3.04. The summed E-state index contributed by atoms with van der Waals surface area (Å²) >= 11 is 2.78. The molecule has 100 valence electrons. The molecule has 0 aromatic carbocycles. The molecule has 2 aromatic heterocycles. The lowest BCUT2D eigenvalue weighted by Crippen LogP contribution is -2.41. The van der Waals surface area contributed by atoms with Crippen molar-refractivity contribution >= 4 is 34.5 Å². The van der Waals surface area contributed by atoms with Crippen LogP contribution >= 0.6 is 22.7 Å². The number of rotatable bonds is 3. The largest absolute Gasteiger partial charge is 0.279 e. The maximum absolute atomic E-state index is 11.9. The lowest BCUT2D eigenvalue weighted by molar-refractivity contribution is 0.0851. The van der Waals surface area contributed by atoms with Gasteiger partial charge in [-0.1, -0.05) is 13.0 Å². The van der Waals surface area contributed by atoms with Crippen LogP contribution in [0.3, 0.4) is 0 Å². The van der Waals surface area contributed by atoms with Gasteiger partial charge in [0, 0.05) is 4.88 Å². The molecule has 2 heterocycles. The highest BCUT2D eigenvalue weighted by Gasteiger charge is 2.13. The van der Waals surface area contributed by atoms with Crippen molar-refractivity contribution in [3.63, 3.8) is 0 Å². The second kappa shape index (κ2) is 5.99. The summed E-state index contributed by atoms with van der Waals surface area (Å²) in [5.74, 6) is -0.579. The number of hydrazine groups is 1. The Morgan fingerprint density at radius 2 is 1.89 bits per heavy atom. The van der Waals surface area contributed by atoms with Crippen LogP contribution in [-0.4, -0.2) is 11.8 Å². The van der Waals surface area contributed by atoms with Gasteiger partial charge in [0.25, 0.3) is 11.8 Å². The zero-order valence-corrected chi connectivity index (χ0v) is 12.3. The molecule has 0 aliphatic heterocycles. The maximum atomic E-state index is 11.9. The monoisotopic (exact) mass is 294 g/mol. The minimum Gasteiger partial charge on any atom is -0.266 e. The van der Waals surface area contributed by atoms with Crippen molar-refractivity contribution in [2.75, 3.05) is 0 Å². The summed E-state index contributed by atoms with van der Waals surface area (Å²) in [4.78, 5) is 25.9. The van der Waals surface area contributed by atoms with E-state index in [1.165, 1.54) is 27.6 Å². The molecule has 19 heavy (non-hydrogen) atoms. The Morgan fingerprint density at radius 3 is 2.42 bits per heavy atom. The standard InChI is InChI=1S/C13H14N2O2S2/c1-3-9-8(2)7-11(19-9)13(17)15-14-12(16)10-5-4-6-18-10/h4-7H,3H2,1-2H3,(H,14,16)(H,15,17). The highest BCUT2D eigenvalue weighted by atomic mass is 32.1. The number of hydrogen-bond acceptors (Lipinski definition) is 4. The molecule has 0 radical (unpaired) electrons. The minimum atomic E-state index is -0.299. The molecule has 0 saturated carbocycles. The predicted molar refractivity (Wildman–Crippen MR) is 77.7 cm³/mol. The van der Waals surface area contributed by atoms with Crippen LogP contribution in [-0.2, 0) is 6.42 Å². The average molecular weight is 294 g/mol. The van der Waals surface area contributed by atoms with Crippen LogP contribution in [0.1, 0.15) is 36.7 Å². The van der Waals surface area contributed by atoms with E-state index in [-0.39, 0.29) is 11.8 Å². The van der Waals surface area contributed by atoms with Crippen LogP contribution in [0.2, 0.25) is 0 Å². The fourth-order valence-electron chi connectivity index (χ4n) is 1.63. The lowest BCUT2D eigenvalue weighted by Gasteiger charge is -2.04. The third kappa shape index (κ3) is 3.21. The van der Waals surface area contributed by atoms with Crippen LogP contribution in [0.5, 0.6) is 0 Å². The maximum Gasteiger partial charge on any atom is 0.279 e. The molecule has 2 aromatic rings. The van der Waals surface area contributed by atoms with Crippen molar-refractivity contribution in [2.24, 2.45) is 0 Å². The summed E-state index contributed by atoms with van der Waals surface area (Å²) in [5.41, 5.74) is 5.95.